The lowest BCUT2D eigenvalue weighted by molar-refractivity contribution is -0.138. The molecule has 0 heterocycles. The highest BCUT2D eigenvalue weighted by molar-refractivity contribution is 5.83. The van der Waals surface area contributed by atoms with Crippen LogP contribution in [0.15, 0.2) is 12.3 Å². The fourth-order valence-corrected chi connectivity index (χ4v) is 0.192. The van der Waals surface area contributed by atoms with Crippen LogP contribution in [0.25, 0.3) is 0 Å². The fourth-order valence-electron chi connectivity index (χ4n) is 0.192. The molecule has 0 aromatic heterocycles. The second kappa shape index (κ2) is 3.91. The minimum absolute atomic E-state index is 0.0782. The van der Waals surface area contributed by atoms with Gasteiger partial charge in [0.15, 0.2) is 12.6 Å². The van der Waals surface area contributed by atoms with E-state index in [1.807, 2.05) is 0 Å². The number of rotatable bonds is 4. The van der Waals surface area contributed by atoms with Crippen molar-refractivity contribution < 1.29 is 19.4 Å². The molecule has 4 heteroatoms. The predicted octanol–water partition coefficient (Wildman–Crippen LogP) is 0.205. The van der Waals surface area contributed by atoms with E-state index in [-0.39, 0.29) is 12.6 Å². The first kappa shape index (κ1) is 7.97. The molecule has 0 aliphatic carbocycles. The molecule has 1 N–H and O–H groups in total. The lowest BCUT2D eigenvalue weighted by Gasteiger charge is -2.00. The molecule has 9 heavy (non-hydrogen) atoms. The lowest BCUT2D eigenvalue weighted by Crippen LogP contribution is -2.05. The maximum absolute atomic E-state index is 9.93. The minimum atomic E-state index is -1.17. The summed E-state index contributed by atoms with van der Waals surface area (Å²) >= 11 is 0. The monoisotopic (exact) mass is 132 g/mol. The number of ether oxygens (including phenoxy) is 2. The smallest absolute Gasteiger partial charge is 0.370 e. The molecule has 0 saturated heterocycles. The topological polar surface area (TPSA) is 55.8 Å². The van der Waals surface area contributed by atoms with E-state index in [4.69, 9.17) is 5.11 Å². The maximum Gasteiger partial charge on any atom is 0.370 e. The van der Waals surface area contributed by atoms with Gasteiger partial charge in [-0.15, -0.1) is 0 Å². The van der Waals surface area contributed by atoms with Gasteiger partial charge in [0.25, 0.3) is 0 Å². The molecule has 0 radical (unpaired) electrons. The maximum atomic E-state index is 9.93. The molecule has 0 fully saturated rings. The molecule has 0 aromatic carbocycles. The van der Waals surface area contributed by atoms with Crippen LogP contribution < -0.4 is 0 Å². The summed E-state index contributed by atoms with van der Waals surface area (Å²) in [5.74, 6) is -1.48. The zero-order chi connectivity index (χ0) is 7.28. The third-order valence-electron chi connectivity index (χ3n) is 0.590. The van der Waals surface area contributed by atoms with Crippen LogP contribution >= 0.6 is 0 Å². The predicted molar refractivity (Wildman–Crippen MR) is 29.7 cm³/mol. The van der Waals surface area contributed by atoms with Crippen LogP contribution in [0.2, 0.25) is 0 Å². The first-order valence-electron chi connectivity index (χ1n) is 2.22. The molecule has 0 saturated carbocycles. The normalized spacial score (nSPS) is 8.56. The van der Waals surface area contributed by atoms with Gasteiger partial charge in [0.2, 0.25) is 0 Å². The summed E-state index contributed by atoms with van der Waals surface area (Å²) < 4.78 is 8.85. The Morgan fingerprint density at radius 1 is 1.78 bits per heavy atom. The summed E-state index contributed by atoms with van der Waals surface area (Å²) in [5.41, 5.74) is 0. The number of methoxy groups -OCH3 is 1. The van der Waals surface area contributed by atoms with Gasteiger partial charge in [0, 0.05) is 7.11 Å². The first-order valence-corrected chi connectivity index (χ1v) is 2.22. The summed E-state index contributed by atoms with van der Waals surface area (Å²) in [6.07, 6.45) is 0. The van der Waals surface area contributed by atoms with E-state index in [9.17, 15) is 4.79 Å². The second-order valence-electron chi connectivity index (χ2n) is 1.28. The van der Waals surface area contributed by atoms with Crippen molar-refractivity contribution in [3.63, 3.8) is 0 Å². The number of carboxylic acids is 1. The zero-order valence-corrected chi connectivity index (χ0v) is 5.09. The highest BCUT2D eigenvalue weighted by atomic mass is 16.7. The molecule has 0 spiro atoms. The molecule has 0 aromatic rings. The molecule has 0 amide bonds. The summed E-state index contributed by atoms with van der Waals surface area (Å²) in [6, 6.07) is 0. The molecule has 0 bridgehead atoms. The summed E-state index contributed by atoms with van der Waals surface area (Å²) in [7, 11) is 1.40. The molecule has 0 aliphatic rings. The molecule has 52 valence electrons. The van der Waals surface area contributed by atoms with E-state index in [1.54, 1.807) is 0 Å². The minimum Gasteiger partial charge on any atom is -0.475 e. The zero-order valence-electron chi connectivity index (χ0n) is 5.09. The van der Waals surface area contributed by atoms with Crippen molar-refractivity contribution in [3.05, 3.63) is 12.3 Å². The molecule has 0 unspecified atom stereocenters. The van der Waals surface area contributed by atoms with Gasteiger partial charge in [-0.3, -0.25) is 0 Å². The Balaban J connectivity index is 3.39. The Kier molecular flexibility index (Phi) is 3.46. The van der Waals surface area contributed by atoms with Crippen molar-refractivity contribution >= 4 is 5.97 Å². The molecule has 0 rings (SSSR count). The van der Waals surface area contributed by atoms with Crippen LogP contribution in [0.1, 0.15) is 0 Å². The molecule has 0 aliphatic heterocycles. The fraction of sp³-hybridized carbons (Fsp3) is 0.400. The largest absolute Gasteiger partial charge is 0.475 e. The Labute approximate surface area is 52.7 Å². The third kappa shape index (κ3) is 3.54. The van der Waals surface area contributed by atoms with Crippen molar-refractivity contribution in [2.24, 2.45) is 0 Å². The van der Waals surface area contributed by atoms with E-state index in [2.05, 4.69) is 16.1 Å². The molecule has 0 atom stereocenters. The highest BCUT2D eigenvalue weighted by Gasteiger charge is 2.02. The third-order valence-corrected chi connectivity index (χ3v) is 0.590. The van der Waals surface area contributed by atoms with E-state index < -0.39 is 5.97 Å². The molecule has 4 nitrogen and oxygen atoms in total. The highest BCUT2D eigenvalue weighted by Crippen LogP contribution is 1.91. The van der Waals surface area contributed by atoms with Gasteiger partial charge in [0.05, 0.1) is 0 Å². The van der Waals surface area contributed by atoms with Crippen LogP contribution in [0, 0.1) is 0 Å². The van der Waals surface area contributed by atoms with Gasteiger partial charge in [-0.05, 0) is 6.58 Å². The number of hydrogen-bond donors (Lipinski definition) is 1. The van der Waals surface area contributed by atoms with Crippen LogP contribution in [-0.2, 0) is 14.3 Å². The van der Waals surface area contributed by atoms with Gasteiger partial charge in [0.1, 0.15) is 0 Å². The number of carbonyl (C=O) groups is 1. The van der Waals surface area contributed by atoms with Crippen molar-refractivity contribution in [3.8, 4) is 0 Å². The standard InChI is InChI=1S/C5H8O4/c1-4(5(6)7)9-3-8-2/h1,3H2,2H3,(H,6,7). The van der Waals surface area contributed by atoms with Gasteiger partial charge < -0.3 is 14.6 Å². The Hall–Kier alpha value is -1.03. The average molecular weight is 132 g/mol. The number of carboxylic acid groups (broad SMARTS) is 1. The van der Waals surface area contributed by atoms with Crippen LogP contribution in [0.4, 0.5) is 0 Å². The van der Waals surface area contributed by atoms with Gasteiger partial charge in [-0.2, -0.15) is 0 Å². The molecular weight excluding hydrogens is 124 g/mol. The SMILES string of the molecule is C=C(OCOC)C(=O)O. The first-order chi connectivity index (χ1) is 4.18. The quantitative estimate of drug-likeness (QED) is 0.337. The lowest BCUT2D eigenvalue weighted by atomic mass is 10.6. The average Bonchev–Trinajstić information content (AvgIpc) is 1.82. The number of aliphatic carboxylic acids is 1. The van der Waals surface area contributed by atoms with Crippen molar-refractivity contribution in [1.29, 1.82) is 0 Å². The van der Waals surface area contributed by atoms with Crippen LogP contribution in [0.3, 0.4) is 0 Å². The van der Waals surface area contributed by atoms with E-state index in [1.165, 1.54) is 7.11 Å². The number of hydrogen-bond acceptors (Lipinski definition) is 3. The summed E-state index contributed by atoms with van der Waals surface area (Å²) in [6.45, 7) is 3.01. The summed E-state index contributed by atoms with van der Waals surface area (Å²) in [5, 5.41) is 8.13. The van der Waals surface area contributed by atoms with E-state index in [0.29, 0.717) is 0 Å². The van der Waals surface area contributed by atoms with Gasteiger partial charge >= 0.3 is 5.97 Å². The second-order valence-corrected chi connectivity index (χ2v) is 1.28. The Morgan fingerprint density at radius 3 is 2.67 bits per heavy atom. The van der Waals surface area contributed by atoms with Gasteiger partial charge in [-0.25, -0.2) is 4.79 Å². The van der Waals surface area contributed by atoms with Crippen molar-refractivity contribution in [2.75, 3.05) is 13.9 Å². The van der Waals surface area contributed by atoms with Gasteiger partial charge in [-0.1, -0.05) is 0 Å². The summed E-state index contributed by atoms with van der Waals surface area (Å²) in [4.78, 5) is 9.93. The molecular formula is C5H8O4. The van der Waals surface area contributed by atoms with Crippen molar-refractivity contribution in [1.82, 2.24) is 0 Å². The Morgan fingerprint density at radius 2 is 2.33 bits per heavy atom. The van der Waals surface area contributed by atoms with Crippen LogP contribution in [0.5, 0.6) is 0 Å². The van der Waals surface area contributed by atoms with E-state index >= 15 is 0 Å². The van der Waals surface area contributed by atoms with Crippen molar-refractivity contribution in [2.45, 2.75) is 0 Å². The van der Waals surface area contributed by atoms with E-state index in [0.717, 1.165) is 0 Å². The Bertz CT molecular complexity index is 118. The van der Waals surface area contributed by atoms with Crippen LogP contribution in [-0.4, -0.2) is 25.0 Å².